The second-order valence-corrected chi connectivity index (χ2v) is 7.88. The molecule has 0 fully saturated rings. The Bertz CT molecular complexity index is 1170. The quantitative estimate of drug-likeness (QED) is 0.558. The third kappa shape index (κ3) is 5.23. The Hall–Kier alpha value is -3.65. The highest BCUT2D eigenvalue weighted by atomic mass is 19.2. The molecule has 1 heterocycles. The van der Waals surface area contributed by atoms with E-state index in [0.29, 0.717) is 19.2 Å². The molecule has 1 aliphatic rings. The maximum atomic E-state index is 13.7. The minimum absolute atomic E-state index is 0.0739. The van der Waals surface area contributed by atoms with Crippen LogP contribution in [0.15, 0.2) is 66.7 Å². The molecule has 1 aliphatic heterocycles. The van der Waals surface area contributed by atoms with Gasteiger partial charge in [-0.05, 0) is 28.8 Å². The summed E-state index contributed by atoms with van der Waals surface area (Å²) < 4.78 is 40.0. The number of halogens is 3. The lowest BCUT2D eigenvalue weighted by Crippen LogP contribution is -2.43. The molecular weight excluding hydrogens is 431 g/mol. The predicted octanol–water partition coefficient (Wildman–Crippen LogP) is 3.81. The van der Waals surface area contributed by atoms with Gasteiger partial charge in [0.25, 0.3) is 0 Å². The van der Waals surface area contributed by atoms with Crippen molar-refractivity contribution in [3.8, 4) is 0 Å². The van der Waals surface area contributed by atoms with Crippen molar-refractivity contribution in [1.29, 1.82) is 0 Å². The number of rotatable bonds is 6. The lowest BCUT2D eigenvalue weighted by Gasteiger charge is -2.34. The predicted molar refractivity (Wildman–Crippen MR) is 118 cm³/mol. The summed E-state index contributed by atoms with van der Waals surface area (Å²) in [6, 6.07) is 19.8. The van der Waals surface area contributed by atoms with Crippen LogP contribution in [0.4, 0.5) is 18.9 Å². The number of nitrogens with one attached hydrogen (secondary N) is 2. The zero-order chi connectivity index (χ0) is 23.4. The van der Waals surface area contributed by atoms with Crippen molar-refractivity contribution in [3.63, 3.8) is 0 Å². The number of amides is 2. The fourth-order valence-electron chi connectivity index (χ4n) is 4.03. The summed E-state index contributed by atoms with van der Waals surface area (Å²) in [5.74, 6) is -5.52. The second-order valence-electron chi connectivity index (χ2n) is 7.88. The Balaban J connectivity index is 1.36. The summed E-state index contributed by atoms with van der Waals surface area (Å²) in [5, 5.41) is 4.62. The third-order valence-corrected chi connectivity index (χ3v) is 5.59. The number of hydrogen-bond acceptors (Lipinski definition) is 3. The minimum Gasteiger partial charge on any atom is -0.346 e. The van der Waals surface area contributed by atoms with Gasteiger partial charge < -0.3 is 10.6 Å². The largest absolute Gasteiger partial charge is 0.346 e. The molecule has 170 valence electrons. The summed E-state index contributed by atoms with van der Waals surface area (Å²) in [6.07, 6.45) is 0. The second kappa shape index (κ2) is 9.87. The number of fused-ring (bicyclic) bond motifs is 1. The Morgan fingerprint density at radius 1 is 0.879 bits per heavy atom. The highest BCUT2D eigenvalue weighted by molar-refractivity contribution is 5.94. The van der Waals surface area contributed by atoms with E-state index in [4.69, 9.17) is 0 Å². The standard InChI is InChI=1S/C25H22F3N3O2/c26-20-10-11-21(25(28)24(20)27)30-22(32)12-29-23(33)15-31-13-17-8-4-5-9-18(17)19(14-31)16-6-2-1-3-7-16/h1-11,19H,12-15H2,(H,29,33)(H,30,32). The molecule has 0 saturated carbocycles. The SMILES string of the molecule is O=C(CN1Cc2ccccc2C(c2ccccc2)C1)NCC(=O)Nc1ccc(F)c(F)c1F. The van der Waals surface area contributed by atoms with Gasteiger partial charge in [-0.25, -0.2) is 13.2 Å². The first-order valence-electron chi connectivity index (χ1n) is 10.5. The van der Waals surface area contributed by atoms with Gasteiger partial charge in [-0.1, -0.05) is 54.6 Å². The van der Waals surface area contributed by atoms with Crippen molar-refractivity contribution in [1.82, 2.24) is 10.2 Å². The molecule has 5 nitrogen and oxygen atoms in total. The van der Waals surface area contributed by atoms with Crippen molar-refractivity contribution in [2.75, 3.05) is 25.0 Å². The van der Waals surface area contributed by atoms with E-state index < -0.39 is 35.6 Å². The van der Waals surface area contributed by atoms with Crippen LogP contribution in [0, 0.1) is 17.5 Å². The molecule has 1 atom stereocenters. The average Bonchev–Trinajstić information content (AvgIpc) is 2.83. The molecule has 1 unspecified atom stereocenters. The molecule has 0 saturated heterocycles. The molecule has 0 radical (unpaired) electrons. The van der Waals surface area contributed by atoms with Crippen molar-refractivity contribution in [3.05, 3.63) is 101 Å². The monoisotopic (exact) mass is 453 g/mol. The molecule has 0 spiro atoms. The highest BCUT2D eigenvalue weighted by Gasteiger charge is 2.27. The summed E-state index contributed by atoms with van der Waals surface area (Å²) in [5.41, 5.74) is 3.03. The van der Waals surface area contributed by atoms with E-state index in [2.05, 4.69) is 28.8 Å². The summed E-state index contributed by atoms with van der Waals surface area (Å²) in [4.78, 5) is 26.5. The van der Waals surface area contributed by atoms with E-state index in [1.165, 1.54) is 5.56 Å². The first-order valence-corrected chi connectivity index (χ1v) is 10.5. The first kappa shape index (κ1) is 22.5. The summed E-state index contributed by atoms with van der Waals surface area (Å²) in [7, 11) is 0. The van der Waals surface area contributed by atoms with Gasteiger partial charge in [0.1, 0.15) is 0 Å². The van der Waals surface area contributed by atoms with Crippen LogP contribution in [0.3, 0.4) is 0 Å². The van der Waals surface area contributed by atoms with Crippen LogP contribution in [0.25, 0.3) is 0 Å². The summed E-state index contributed by atoms with van der Waals surface area (Å²) in [6.45, 7) is 0.883. The Kier molecular flexibility index (Phi) is 6.74. The maximum Gasteiger partial charge on any atom is 0.243 e. The van der Waals surface area contributed by atoms with Gasteiger partial charge in [0.2, 0.25) is 11.8 Å². The fraction of sp³-hybridized carbons (Fsp3) is 0.200. The summed E-state index contributed by atoms with van der Waals surface area (Å²) >= 11 is 0. The minimum atomic E-state index is -1.67. The average molecular weight is 453 g/mol. The van der Waals surface area contributed by atoms with Gasteiger partial charge in [-0.3, -0.25) is 14.5 Å². The number of hydrogen-bond donors (Lipinski definition) is 2. The van der Waals surface area contributed by atoms with Crippen LogP contribution in [-0.2, 0) is 16.1 Å². The Morgan fingerprint density at radius 3 is 2.39 bits per heavy atom. The van der Waals surface area contributed by atoms with Crippen LogP contribution in [0.5, 0.6) is 0 Å². The normalized spacial score (nSPS) is 15.5. The van der Waals surface area contributed by atoms with Crippen molar-refractivity contribution >= 4 is 17.5 Å². The van der Waals surface area contributed by atoms with Gasteiger partial charge in [-0.2, -0.15) is 0 Å². The molecule has 4 rings (SSSR count). The third-order valence-electron chi connectivity index (χ3n) is 5.59. The first-order chi connectivity index (χ1) is 15.9. The van der Waals surface area contributed by atoms with E-state index in [0.717, 1.165) is 17.2 Å². The lowest BCUT2D eigenvalue weighted by atomic mass is 9.85. The molecule has 2 N–H and O–H groups in total. The molecule has 0 aromatic heterocycles. The van der Waals surface area contributed by atoms with E-state index in [1.807, 2.05) is 41.3 Å². The molecule has 8 heteroatoms. The molecule has 0 bridgehead atoms. The van der Waals surface area contributed by atoms with Gasteiger partial charge in [0, 0.05) is 19.0 Å². The zero-order valence-electron chi connectivity index (χ0n) is 17.7. The number of nitrogens with zero attached hydrogens (tertiary/aromatic N) is 1. The van der Waals surface area contributed by atoms with Crippen molar-refractivity contribution in [2.24, 2.45) is 0 Å². The smallest absolute Gasteiger partial charge is 0.243 e. The van der Waals surface area contributed by atoms with Gasteiger partial charge in [0.05, 0.1) is 18.8 Å². The highest BCUT2D eigenvalue weighted by Crippen LogP contribution is 2.33. The van der Waals surface area contributed by atoms with Crippen molar-refractivity contribution < 1.29 is 22.8 Å². The van der Waals surface area contributed by atoms with Crippen LogP contribution in [0.1, 0.15) is 22.6 Å². The van der Waals surface area contributed by atoms with E-state index in [-0.39, 0.29) is 18.4 Å². The molecule has 3 aromatic rings. The number of anilines is 1. The fourth-order valence-corrected chi connectivity index (χ4v) is 4.03. The lowest BCUT2D eigenvalue weighted by molar-refractivity contribution is -0.125. The number of carbonyl (C=O) groups is 2. The molecule has 0 aliphatic carbocycles. The molecule has 33 heavy (non-hydrogen) atoms. The number of benzene rings is 3. The van der Waals surface area contributed by atoms with Crippen molar-refractivity contribution in [2.45, 2.75) is 12.5 Å². The van der Waals surface area contributed by atoms with Gasteiger partial charge in [-0.15, -0.1) is 0 Å². The number of carbonyl (C=O) groups excluding carboxylic acids is 2. The Morgan fingerprint density at radius 2 is 1.61 bits per heavy atom. The van der Waals surface area contributed by atoms with Crippen LogP contribution >= 0.6 is 0 Å². The van der Waals surface area contributed by atoms with Crippen LogP contribution < -0.4 is 10.6 Å². The van der Waals surface area contributed by atoms with E-state index >= 15 is 0 Å². The van der Waals surface area contributed by atoms with Crippen LogP contribution in [-0.4, -0.2) is 36.3 Å². The molecule has 2 amide bonds. The van der Waals surface area contributed by atoms with E-state index in [1.54, 1.807) is 0 Å². The molecule has 3 aromatic carbocycles. The topological polar surface area (TPSA) is 61.4 Å². The zero-order valence-corrected chi connectivity index (χ0v) is 17.7. The van der Waals surface area contributed by atoms with E-state index in [9.17, 15) is 22.8 Å². The van der Waals surface area contributed by atoms with Gasteiger partial charge in [0.15, 0.2) is 17.5 Å². The van der Waals surface area contributed by atoms with Crippen LogP contribution in [0.2, 0.25) is 0 Å². The maximum absolute atomic E-state index is 13.7. The molecular formula is C25H22F3N3O2. The Labute approximate surface area is 189 Å². The van der Waals surface area contributed by atoms with Gasteiger partial charge >= 0.3 is 0 Å².